The Hall–Kier alpha value is -2.51. The summed E-state index contributed by atoms with van der Waals surface area (Å²) in [6, 6.07) is 4.69. The molecule has 45 heavy (non-hydrogen) atoms. The zero-order chi connectivity index (χ0) is 32.6. The fourth-order valence-electron chi connectivity index (χ4n) is 6.81. The molecule has 1 spiro atoms. The first kappa shape index (κ1) is 35.3. The van der Waals surface area contributed by atoms with Gasteiger partial charge < -0.3 is 45.0 Å². The molecule has 1 aliphatic carbocycles. The van der Waals surface area contributed by atoms with Crippen LogP contribution in [0.3, 0.4) is 0 Å². The second-order valence-electron chi connectivity index (χ2n) is 13.6. The Bertz CT molecular complexity index is 1100. The van der Waals surface area contributed by atoms with Gasteiger partial charge in [0.25, 0.3) is 0 Å². The minimum atomic E-state index is -1.40. The summed E-state index contributed by atoms with van der Waals surface area (Å²) in [5.74, 6) is 0.807. The maximum atomic E-state index is 14.8. The van der Waals surface area contributed by atoms with Crippen LogP contribution in [-0.4, -0.2) is 119 Å². The van der Waals surface area contributed by atoms with Crippen LogP contribution in [0.15, 0.2) is 18.2 Å². The van der Waals surface area contributed by atoms with Gasteiger partial charge in [-0.3, -0.25) is 4.79 Å². The van der Waals surface area contributed by atoms with Crippen LogP contribution < -0.4 is 10.1 Å². The van der Waals surface area contributed by atoms with E-state index in [-0.39, 0.29) is 36.9 Å². The van der Waals surface area contributed by atoms with Gasteiger partial charge in [-0.2, -0.15) is 0 Å². The zero-order valence-corrected chi connectivity index (χ0v) is 26.7. The van der Waals surface area contributed by atoms with E-state index in [9.17, 15) is 29.3 Å². The monoisotopic (exact) mass is 637 g/mol. The van der Waals surface area contributed by atoms with Gasteiger partial charge in [0, 0.05) is 44.7 Å². The first-order chi connectivity index (χ1) is 21.5. The normalized spacial score (nSPS) is 20.4. The first-order valence-corrected chi connectivity index (χ1v) is 16.5. The molecule has 3 atom stereocenters. The molecule has 0 aromatic heterocycles. The number of halogens is 1. The van der Waals surface area contributed by atoms with Crippen LogP contribution in [0.5, 0.6) is 5.75 Å². The molecule has 2 saturated heterocycles. The third-order valence-electron chi connectivity index (χ3n) is 9.59. The Morgan fingerprint density at radius 2 is 1.78 bits per heavy atom. The molecule has 0 bridgehead atoms. The molecule has 3 fully saturated rings. The Labute approximate surface area is 265 Å². The molecule has 5 N–H and O–H groups in total. The van der Waals surface area contributed by atoms with Gasteiger partial charge in [0.05, 0.1) is 31.8 Å². The van der Waals surface area contributed by atoms with Crippen LogP contribution in [0.4, 0.5) is 9.18 Å². The molecule has 2 aliphatic heterocycles. The van der Waals surface area contributed by atoms with E-state index in [0.717, 1.165) is 38.8 Å². The Morgan fingerprint density at radius 3 is 2.42 bits per heavy atom. The van der Waals surface area contributed by atoms with Crippen molar-refractivity contribution < 1.29 is 43.9 Å². The molecule has 1 saturated carbocycles. The lowest BCUT2D eigenvalue weighted by Gasteiger charge is -2.52. The van der Waals surface area contributed by atoms with Gasteiger partial charge >= 0.3 is 6.09 Å². The van der Waals surface area contributed by atoms with E-state index in [1.165, 1.54) is 18.9 Å². The van der Waals surface area contributed by atoms with Crippen LogP contribution in [0.1, 0.15) is 64.4 Å². The average molecular weight is 638 g/mol. The Balaban J connectivity index is 1.05. The van der Waals surface area contributed by atoms with Gasteiger partial charge in [-0.1, -0.05) is 6.07 Å². The van der Waals surface area contributed by atoms with E-state index in [2.05, 4.69) is 5.32 Å². The number of aliphatic hydroxyl groups is 4. The zero-order valence-electron chi connectivity index (χ0n) is 26.7. The Kier molecular flexibility index (Phi) is 12.8. The maximum absolute atomic E-state index is 14.8. The van der Waals surface area contributed by atoms with Gasteiger partial charge in [-0.15, -0.1) is 0 Å². The molecule has 3 aliphatic rings. The van der Waals surface area contributed by atoms with Crippen molar-refractivity contribution >= 4 is 12.0 Å². The summed E-state index contributed by atoms with van der Waals surface area (Å²) in [6.45, 7) is 7.35. The van der Waals surface area contributed by atoms with E-state index in [0.29, 0.717) is 55.4 Å². The van der Waals surface area contributed by atoms with E-state index >= 15 is 0 Å². The molecule has 2 heterocycles. The molecular weight excluding hydrogens is 585 g/mol. The van der Waals surface area contributed by atoms with Crippen LogP contribution in [0.25, 0.3) is 0 Å². The molecule has 1 aromatic rings. The number of nitrogens with one attached hydrogen (secondary N) is 1. The molecule has 11 nitrogen and oxygen atoms in total. The number of carbonyl (C=O) groups excluding carboxylic acids is 2. The fourth-order valence-corrected chi connectivity index (χ4v) is 6.81. The quantitative estimate of drug-likeness (QED) is 0.172. The van der Waals surface area contributed by atoms with E-state index in [1.54, 1.807) is 17.0 Å². The van der Waals surface area contributed by atoms with Gasteiger partial charge in [0.2, 0.25) is 5.91 Å². The van der Waals surface area contributed by atoms with Crippen molar-refractivity contribution in [1.29, 1.82) is 0 Å². The summed E-state index contributed by atoms with van der Waals surface area (Å²) in [6.07, 6.45) is 2.41. The number of nitrogens with zero attached hydrogens (tertiary/aromatic N) is 2. The third kappa shape index (κ3) is 9.99. The number of piperidine rings is 1. The van der Waals surface area contributed by atoms with Gasteiger partial charge in [0.1, 0.15) is 23.8 Å². The summed E-state index contributed by atoms with van der Waals surface area (Å²) in [4.78, 5) is 28.3. The average Bonchev–Trinajstić information content (AvgIpc) is 2.97. The smallest absolute Gasteiger partial charge is 0.410 e. The SMILES string of the molecule is CC(C)OC(=O)N1CCC2(CC1)CC(CCCOc1ccc(CC(=O)N3CC(CNCC[C@@H](O)[C@H](O)C(O)CO)C3)c(F)c1)C2. The highest BCUT2D eigenvalue weighted by atomic mass is 19.1. The van der Waals surface area contributed by atoms with Crippen molar-refractivity contribution in [2.24, 2.45) is 17.3 Å². The first-order valence-electron chi connectivity index (χ1n) is 16.5. The predicted molar refractivity (Wildman–Crippen MR) is 165 cm³/mol. The lowest BCUT2D eigenvalue weighted by Crippen LogP contribution is -2.54. The van der Waals surface area contributed by atoms with Gasteiger partial charge in [0.15, 0.2) is 0 Å². The van der Waals surface area contributed by atoms with E-state index < -0.39 is 30.7 Å². The van der Waals surface area contributed by atoms with Crippen molar-refractivity contribution in [2.75, 3.05) is 52.5 Å². The number of benzene rings is 1. The highest BCUT2D eigenvalue weighted by molar-refractivity contribution is 5.79. The second kappa shape index (κ2) is 16.4. The van der Waals surface area contributed by atoms with Crippen molar-refractivity contribution in [3.8, 4) is 5.75 Å². The highest BCUT2D eigenvalue weighted by Crippen LogP contribution is 2.54. The lowest BCUT2D eigenvalue weighted by molar-refractivity contribution is -0.136. The molecule has 254 valence electrons. The molecule has 0 radical (unpaired) electrons. The number of amides is 2. The van der Waals surface area contributed by atoms with E-state index in [1.807, 2.05) is 18.7 Å². The summed E-state index contributed by atoms with van der Waals surface area (Å²) >= 11 is 0. The molecular formula is C33H52FN3O8. The number of likely N-dealkylation sites (tertiary alicyclic amines) is 2. The van der Waals surface area contributed by atoms with Crippen LogP contribution >= 0.6 is 0 Å². The van der Waals surface area contributed by atoms with Crippen LogP contribution in [0, 0.1) is 23.1 Å². The van der Waals surface area contributed by atoms with Crippen molar-refractivity contribution in [1.82, 2.24) is 15.1 Å². The molecule has 12 heteroatoms. The number of hydrogen-bond donors (Lipinski definition) is 5. The lowest BCUT2D eigenvalue weighted by atomic mass is 9.56. The van der Waals surface area contributed by atoms with Crippen molar-refractivity contribution in [3.05, 3.63) is 29.6 Å². The summed E-state index contributed by atoms with van der Waals surface area (Å²) in [5, 5.41) is 40.9. The fraction of sp³-hybridized carbons (Fsp3) is 0.758. The number of rotatable bonds is 16. The largest absolute Gasteiger partial charge is 0.493 e. The van der Waals surface area contributed by atoms with Gasteiger partial charge in [-0.05, 0) is 88.3 Å². The molecule has 2 amide bonds. The minimum Gasteiger partial charge on any atom is -0.493 e. The predicted octanol–water partition coefficient (Wildman–Crippen LogP) is 2.08. The maximum Gasteiger partial charge on any atom is 0.410 e. The molecule has 1 aromatic carbocycles. The number of ether oxygens (including phenoxy) is 2. The van der Waals surface area contributed by atoms with Crippen molar-refractivity contribution in [3.63, 3.8) is 0 Å². The summed E-state index contributed by atoms with van der Waals surface area (Å²) in [7, 11) is 0. The van der Waals surface area contributed by atoms with Crippen LogP contribution in [-0.2, 0) is 16.0 Å². The minimum absolute atomic E-state index is 0.0103. The van der Waals surface area contributed by atoms with E-state index in [4.69, 9.17) is 14.6 Å². The standard InChI is InChI=1S/C33H52FN3O8/c1-22(2)45-32(43)36-11-8-33(9-12-36)16-23(17-33)4-3-13-44-26-6-5-25(27(34)15-26)14-30(41)37-19-24(20-37)18-35-10-7-28(39)31(42)29(40)21-38/h5-6,15,22-24,28-29,31,35,38-40,42H,3-4,7-14,16-21H2,1-2H3/t28-,29?,31+/m1/s1. The number of hydrogen-bond acceptors (Lipinski definition) is 9. The number of aliphatic hydroxyl groups excluding tert-OH is 4. The topological polar surface area (TPSA) is 152 Å². The van der Waals surface area contributed by atoms with Gasteiger partial charge in [-0.25, -0.2) is 9.18 Å². The highest BCUT2D eigenvalue weighted by Gasteiger charge is 2.46. The molecule has 1 unspecified atom stereocenters. The third-order valence-corrected chi connectivity index (χ3v) is 9.59. The van der Waals surface area contributed by atoms with Crippen molar-refractivity contribution in [2.45, 2.75) is 89.6 Å². The number of carbonyl (C=O) groups is 2. The van der Waals surface area contributed by atoms with Crippen LogP contribution in [0.2, 0.25) is 0 Å². The second-order valence-corrected chi connectivity index (χ2v) is 13.6. The summed E-state index contributed by atoms with van der Waals surface area (Å²) in [5.41, 5.74) is 0.711. The Morgan fingerprint density at radius 1 is 1.07 bits per heavy atom. The molecule has 4 rings (SSSR count). The summed E-state index contributed by atoms with van der Waals surface area (Å²) < 4.78 is 25.9.